The normalized spacial score (nSPS) is 24.9. The van der Waals surface area contributed by atoms with Crippen LogP contribution in [0.4, 0.5) is 0 Å². The largest absolute Gasteiger partial charge is 0.366 e. The molecule has 1 N–H and O–H groups in total. The Hall–Kier alpha value is -2.03. The first kappa shape index (κ1) is 18.3. The van der Waals surface area contributed by atoms with Crippen LogP contribution in [0.1, 0.15) is 50.1 Å². The van der Waals surface area contributed by atoms with Crippen LogP contribution >= 0.6 is 0 Å². The van der Waals surface area contributed by atoms with E-state index in [9.17, 15) is 4.79 Å². The summed E-state index contributed by atoms with van der Waals surface area (Å²) < 4.78 is 7.69. The highest BCUT2D eigenvalue weighted by atomic mass is 16.5. The summed E-state index contributed by atoms with van der Waals surface area (Å²) in [6.07, 6.45) is 12.3. The van der Waals surface area contributed by atoms with Gasteiger partial charge >= 0.3 is 5.69 Å². The molecule has 2 heterocycles. The monoisotopic (exact) mass is 367 g/mol. The van der Waals surface area contributed by atoms with Crippen LogP contribution in [0.3, 0.4) is 0 Å². The molecule has 1 aromatic carbocycles. The second kappa shape index (κ2) is 7.92. The van der Waals surface area contributed by atoms with Crippen LogP contribution in [-0.2, 0) is 4.74 Å². The van der Waals surface area contributed by atoms with E-state index in [1.54, 1.807) is 0 Å². The summed E-state index contributed by atoms with van der Waals surface area (Å²) in [7, 11) is 0. The number of H-pyrrole nitrogens is 1. The van der Waals surface area contributed by atoms with Crippen molar-refractivity contribution in [3.05, 3.63) is 34.2 Å². The van der Waals surface area contributed by atoms with E-state index in [0.29, 0.717) is 24.8 Å². The van der Waals surface area contributed by atoms with Crippen molar-refractivity contribution >= 4 is 11.0 Å². The smallest absolute Gasteiger partial charge is 0.326 e. The predicted octanol–water partition coefficient (Wildman–Crippen LogP) is 3.24. The van der Waals surface area contributed by atoms with Gasteiger partial charge in [0, 0.05) is 25.2 Å². The Balaban J connectivity index is 1.38. The summed E-state index contributed by atoms with van der Waals surface area (Å²) in [5, 5.41) is 0. The average molecular weight is 367 g/mol. The molecule has 27 heavy (non-hydrogen) atoms. The lowest BCUT2D eigenvalue weighted by molar-refractivity contribution is 0.0166. The van der Waals surface area contributed by atoms with Crippen LogP contribution in [0.25, 0.3) is 11.0 Å². The van der Waals surface area contributed by atoms with Crippen LogP contribution < -0.4 is 5.69 Å². The zero-order valence-corrected chi connectivity index (χ0v) is 16.1. The highest BCUT2D eigenvalue weighted by Gasteiger charge is 2.30. The number of terminal acetylenes is 1. The van der Waals surface area contributed by atoms with E-state index in [2.05, 4.69) is 34.9 Å². The summed E-state index contributed by atoms with van der Waals surface area (Å²) in [4.78, 5) is 18.2. The van der Waals surface area contributed by atoms with Gasteiger partial charge in [-0.3, -0.25) is 4.57 Å². The number of aromatic amines is 1. The Labute approximate surface area is 160 Å². The summed E-state index contributed by atoms with van der Waals surface area (Å²) >= 11 is 0. The fourth-order valence-corrected chi connectivity index (χ4v) is 4.85. The number of rotatable bonds is 4. The third-order valence-electron chi connectivity index (χ3n) is 6.30. The van der Waals surface area contributed by atoms with Crippen molar-refractivity contribution in [2.75, 3.05) is 19.7 Å². The Morgan fingerprint density at radius 2 is 1.89 bits per heavy atom. The van der Waals surface area contributed by atoms with E-state index in [0.717, 1.165) is 49.8 Å². The maximum absolute atomic E-state index is 12.5. The fourth-order valence-electron chi connectivity index (χ4n) is 4.85. The molecule has 1 aliphatic carbocycles. The topological polar surface area (TPSA) is 50.3 Å². The van der Waals surface area contributed by atoms with Crippen molar-refractivity contribution in [2.24, 2.45) is 0 Å². The molecular weight excluding hydrogens is 338 g/mol. The molecular formula is C22H29N3O2. The molecule has 0 spiro atoms. The number of aromatic nitrogens is 2. The van der Waals surface area contributed by atoms with E-state index in [1.807, 2.05) is 10.6 Å². The summed E-state index contributed by atoms with van der Waals surface area (Å²) in [5.41, 5.74) is 3.21. The third kappa shape index (κ3) is 3.83. The molecule has 2 aliphatic rings. The fraction of sp³-hybridized carbons (Fsp3) is 0.591. The quantitative estimate of drug-likeness (QED) is 0.844. The molecule has 0 bridgehead atoms. The van der Waals surface area contributed by atoms with E-state index in [1.165, 1.54) is 18.4 Å². The van der Waals surface area contributed by atoms with Gasteiger partial charge in [-0.05, 0) is 63.1 Å². The number of imidazole rings is 1. The second-order valence-corrected chi connectivity index (χ2v) is 8.03. The minimum absolute atomic E-state index is 0.0280. The zero-order chi connectivity index (χ0) is 18.8. The molecule has 0 radical (unpaired) electrons. The van der Waals surface area contributed by atoms with Crippen LogP contribution in [0.15, 0.2) is 23.0 Å². The summed E-state index contributed by atoms with van der Waals surface area (Å²) in [6.45, 7) is 4.64. The molecule has 0 amide bonds. The molecule has 1 saturated carbocycles. The second-order valence-electron chi connectivity index (χ2n) is 8.03. The molecule has 1 aliphatic heterocycles. The molecule has 2 fully saturated rings. The average Bonchev–Trinajstić information content (AvgIpc) is 3.02. The molecule has 0 atom stereocenters. The predicted molar refractivity (Wildman–Crippen MR) is 108 cm³/mol. The van der Waals surface area contributed by atoms with Gasteiger partial charge in [0.2, 0.25) is 0 Å². The van der Waals surface area contributed by atoms with E-state index < -0.39 is 0 Å². The van der Waals surface area contributed by atoms with Crippen LogP contribution in [0, 0.1) is 19.3 Å². The Kier molecular flexibility index (Phi) is 5.38. The van der Waals surface area contributed by atoms with Crippen molar-refractivity contribution in [2.45, 2.75) is 63.6 Å². The van der Waals surface area contributed by atoms with Crippen molar-refractivity contribution < 1.29 is 4.74 Å². The highest BCUT2D eigenvalue weighted by molar-refractivity contribution is 5.76. The van der Waals surface area contributed by atoms with Crippen LogP contribution in [0.5, 0.6) is 0 Å². The SMILES string of the molecule is C#CCO[C@H]1CC[C@H](N2CCC(n3c(=O)[nH]c4ccc(C)cc43)CC2)CC1. The van der Waals surface area contributed by atoms with Crippen molar-refractivity contribution in [3.8, 4) is 12.3 Å². The lowest BCUT2D eigenvalue weighted by Gasteiger charge is -2.40. The lowest BCUT2D eigenvalue weighted by Crippen LogP contribution is -2.45. The van der Waals surface area contributed by atoms with Gasteiger partial charge in [-0.25, -0.2) is 4.79 Å². The van der Waals surface area contributed by atoms with Gasteiger partial charge in [-0.2, -0.15) is 0 Å². The minimum atomic E-state index is 0.0280. The minimum Gasteiger partial charge on any atom is -0.366 e. The number of nitrogens with one attached hydrogen (secondary N) is 1. The van der Waals surface area contributed by atoms with Gasteiger partial charge in [0.25, 0.3) is 0 Å². The number of nitrogens with zero attached hydrogens (tertiary/aromatic N) is 2. The van der Waals surface area contributed by atoms with Gasteiger partial charge in [0.15, 0.2) is 0 Å². The number of ether oxygens (including phenoxy) is 1. The maximum Gasteiger partial charge on any atom is 0.326 e. The molecule has 1 aromatic heterocycles. The number of aryl methyl sites for hydroxylation is 1. The van der Waals surface area contributed by atoms with Gasteiger partial charge in [0.1, 0.15) is 6.61 Å². The molecule has 144 valence electrons. The third-order valence-corrected chi connectivity index (χ3v) is 6.30. The number of fused-ring (bicyclic) bond motifs is 1. The molecule has 4 rings (SSSR count). The highest BCUT2D eigenvalue weighted by Crippen LogP contribution is 2.31. The van der Waals surface area contributed by atoms with E-state index in [-0.39, 0.29) is 5.69 Å². The molecule has 5 nitrogen and oxygen atoms in total. The molecule has 5 heteroatoms. The van der Waals surface area contributed by atoms with E-state index in [4.69, 9.17) is 11.2 Å². The number of piperidine rings is 1. The standard InChI is InChI=1S/C22H29N3O2/c1-3-14-27-19-7-5-17(6-8-19)24-12-10-18(11-13-24)25-21-15-16(2)4-9-20(21)23-22(25)26/h1,4,9,15,17-19H,5-8,10-14H2,2H3,(H,23,26)/t17-,19-. The Bertz CT molecular complexity index is 875. The van der Waals surface area contributed by atoms with Gasteiger partial charge in [0.05, 0.1) is 17.1 Å². The van der Waals surface area contributed by atoms with Gasteiger partial charge in [-0.1, -0.05) is 12.0 Å². The number of hydrogen-bond donors (Lipinski definition) is 1. The summed E-state index contributed by atoms with van der Waals surface area (Å²) in [5.74, 6) is 2.57. The number of benzene rings is 1. The van der Waals surface area contributed by atoms with Crippen LogP contribution in [0.2, 0.25) is 0 Å². The molecule has 2 aromatic rings. The Morgan fingerprint density at radius 1 is 1.15 bits per heavy atom. The molecule has 1 saturated heterocycles. The summed E-state index contributed by atoms with van der Waals surface area (Å²) in [6, 6.07) is 7.13. The maximum atomic E-state index is 12.5. The molecule has 0 unspecified atom stereocenters. The lowest BCUT2D eigenvalue weighted by atomic mass is 9.90. The van der Waals surface area contributed by atoms with Crippen LogP contribution in [-0.4, -0.2) is 46.3 Å². The first-order valence-corrected chi connectivity index (χ1v) is 10.2. The number of hydrogen-bond acceptors (Lipinski definition) is 3. The first-order valence-electron chi connectivity index (χ1n) is 10.2. The Morgan fingerprint density at radius 3 is 2.59 bits per heavy atom. The van der Waals surface area contributed by atoms with Gasteiger partial charge in [-0.15, -0.1) is 6.42 Å². The van der Waals surface area contributed by atoms with Crippen molar-refractivity contribution in [1.29, 1.82) is 0 Å². The number of likely N-dealkylation sites (tertiary alicyclic amines) is 1. The van der Waals surface area contributed by atoms with Crippen molar-refractivity contribution in [1.82, 2.24) is 14.5 Å². The van der Waals surface area contributed by atoms with E-state index >= 15 is 0 Å². The zero-order valence-electron chi connectivity index (χ0n) is 16.1. The van der Waals surface area contributed by atoms with Crippen molar-refractivity contribution in [3.63, 3.8) is 0 Å². The first-order chi connectivity index (χ1) is 13.2. The van der Waals surface area contributed by atoms with Gasteiger partial charge < -0.3 is 14.6 Å².